The van der Waals surface area contributed by atoms with Crippen molar-refractivity contribution in [3.8, 4) is 0 Å². The highest BCUT2D eigenvalue weighted by molar-refractivity contribution is 5.88. The third kappa shape index (κ3) is 4.92. The number of carboxylic acid groups (broad SMARTS) is 1. The topological polar surface area (TPSA) is 84.6 Å². The van der Waals surface area contributed by atoms with Crippen molar-refractivity contribution in [1.82, 2.24) is 5.48 Å². The lowest BCUT2D eigenvalue weighted by Crippen LogP contribution is -2.65. The molecule has 0 aromatic heterocycles. The Hall–Kier alpha value is -1.95. The van der Waals surface area contributed by atoms with Crippen molar-refractivity contribution in [2.24, 2.45) is 62.4 Å². The van der Waals surface area contributed by atoms with Crippen molar-refractivity contribution in [2.75, 3.05) is 19.7 Å². The Morgan fingerprint density at radius 1 is 0.978 bits per heavy atom. The van der Waals surface area contributed by atoms with Crippen molar-refractivity contribution in [3.63, 3.8) is 0 Å². The number of allylic oxidation sites excluding steroid dienone is 3. The van der Waals surface area contributed by atoms with Crippen LogP contribution in [-0.4, -0.2) is 30.8 Å². The third-order valence-electron chi connectivity index (χ3n) is 15.2. The standard InChI is InChI=1S/C40H60N2O3/c1-26(2)29-15-20-40(25-45-42-24-8-23-41)22-21-38(6)31(34(29)40)13-14-33-37(5)18-16-30(27-9-11-28(12-10-27)35(43)44)36(3,4)32(37)17-19-39(33,38)7/h9-12,16,29,31-34,42H,1,8,13-15,17-25,41H2,2-7H3,(H,43,44)/t29-,31?,32?,33?,34?,37-,38+,39+,40+/m0/s1. The van der Waals surface area contributed by atoms with Crippen LogP contribution in [0.2, 0.25) is 0 Å². The molecule has 5 nitrogen and oxygen atoms in total. The summed E-state index contributed by atoms with van der Waals surface area (Å²) in [5.74, 6) is 2.40. The van der Waals surface area contributed by atoms with Gasteiger partial charge >= 0.3 is 5.97 Å². The van der Waals surface area contributed by atoms with Gasteiger partial charge in [0, 0.05) is 6.54 Å². The van der Waals surface area contributed by atoms with Gasteiger partial charge in [0.25, 0.3) is 0 Å². The van der Waals surface area contributed by atoms with Crippen LogP contribution in [0.1, 0.15) is 122 Å². The zero-order valence-electron chi connectivity index (χ0n) is 29.0. The molecule has 0 heterocycles. The highest BCUT2D eigenvalue weighted by Gasteiger charge is 2.70. The van der Waals surface area contributed by atoms with E-state index in [1.807, 2.05) is 12.1 Å². The third-order valence-corrected chi connectivity index (χ3v) is 15.2. The molecule has 4 fully saturated rings. The van der Waals surface area contributed by atoms with E-state index in [2.05, 4.69) is 59.7 Å². The number of rotatable bonds is 9. The van der Waals surface area contributed by atoms with E-state index in [0.717, 1.165) is 26.0 Å². The molecule has 1 aromatic carbocycles. The molecule has 6 rings (SSSR count). The molecule has 4 saturated carbocycles. The van der Waals surface area contributed by atoms with E-state index in [0.29, 0.717) is 52.5 Å². The molecule has 9 atom stereocenters. The summed E-state index contributed by atoms with van der Waals surface area (Å²) in [4.78, 5) is 17.8. The first-order valence-corrected chi connectivity index (χ1v) is 18.0. The minimum Gasteiger partial charge on any atom is -0.478 e. The Kier molecular flexibility index (Phi) is 8.52. The maximum Gasteiger partial charge on any atom is 0.335 e. The molecular weight excluding hydrogens is 556 g/mol. The van der Waals surface area contributed by atoms with Gasteiger partial charge in [-0.05, 0) is 158 Å². The molecular formula is C40H60N2O3. The van der Waals surface area contributed by atoms with Gasteiger partial charge in [-0.15, -0.1) is 0 Å². The van der Waals surface area contributed by atoms with Crippen LogP contribution in [0.3, 0.4) is 0 Å². The molecule has 5 aliphatic carbocycles. The maximum absolute atomic E-state index is 11.5. The summed E-state index contributed by atoms with van der Waals surface area (Å²) >= 11 is 0. The van der Waals surface area contributed by atoms with Crippen LogP contribution in [0.25, 0.3) is 5.57 Å². The highest BCUT2D eigenvalue weighted by atomic mass is 16.6. The summed E-state index contributed by atoms with van der Waals surface area (Å²) in [5, 5.41) is 9.46. The molecule has 0 spiro atoms. The largest absolute Gasteiger partial charge is 0.478 e. The molecule has 0 aliphatic heterocycles. The fraction of sp³-hybridized carbons (Fsp3) is 0.725. The monoisotopic (exact) mass is 616 g/mol. The Morgan fingerprint density at radius 3 is 2.38 bits per heavy atom. The van der Waals surface area contributed by atoms with E-state index >= 15 is 0 Å². The number of hydrogen-bond donors (Lipinski definition) is 3. The lowest BCUT2D eigenvalue weighted by molar-refractivity contribution is -0.231. The molecule has 0 saturated heterocycles. The van der Waals surface area contributed by atoms with E-state index in [1.165, 1.54) is 68.1 Å². The molecule has 45 heavy (non-hydrogen) atoms. The fourth-order valence-corrected chi connectivity index (χ4v) is 12.9. The number of fused-ring (bicyclic) bond motifs is 7. The second-order valence-corrected chi connectivity index (χ2v) is 17.3. The summed E-state index contributed by atoms with van der Waals surface area (Å²) in [7, 11) is 0. The van der Waals surface area contributed by atoms with E-state index < -0.39 is 5.97 Å². The number of hydrogen-bond acceptors (Lipinski definition) is 4. The van der Waals surface area contributed by atoms with Crippen LogP contribution < -0.4 is 11.2 Å². The van der Waals surface area contributed by atoms with Crippen LogP contribution in [0.5, 0.6) is 0 Å². The van der Waals surface area contributed by atoms with E-state index in [1.54, 1.807) is 12.1 Å². The Labute approximate surface area is 272 Å². The summed E-state index contributed by atoms with van der Waals surface area (Å²) in [6.07, 6.45) is 14.9. The number of nitrogens with two attached hydrogens (primary N) is 1. The van der Waals surface area contributed by atoms with Crippen molar-refractivity contribution >= 4 is 11.5 Å². The number of nitrogens with one attached hydrogen (secondary N) is 1. The Morgan fingerprint density at radius 2 is 1.71 bits per heavy atom. The lowest BCUT2D eigenvalue weighted by Gasteiger charge is -2.72. The first-order chi connectivity index (χ1) is 21.2. The zero-order chi connectivity index (χ0) is 32.4. The van der Waals surface area contributed by atoms with Gasteiger partial charge in [0.05, 0.1) is 12.2 Å². The molecule has 1 aromatic rings. The summed E-state index contributed by atoms with van der Waals surface area (Å²) in [6, 6.07) is 7.61. The predicted octanol–water partition coefficient (Wildman–Crippen LogP) is 8.91. The molecule has 4 N–H and O–H groups in total. The van der Waals surface area contributed by atoms with Crippen molar-refractivity contribution < 1.29 is 14.7 Å². The number of hydroxylamine groups is 1. The van der Waals surface area contributed by atoms with E-state index in [9.17, 15) is 9.90 Å². The fourth-order valence-electron chi connectivity index (χ4n) is 12.9. The number of aromatic carboxylic acids is 1. The normalized spacial score (nSPS) is 41.7. The predicted molar refractivity (Wildman–Crippen MR) is 183 cm³/mol. The second kappa shape index (κ2) is 11.6. The van der Waals surface area contributed by atoms with E-state index in [4.69, 9.17) is 10.6 Å². The van der Waals surface area contributed by atoms with Crippen LogP contribution >= 0.6 is 0 Å². The summed E-state index contributed by atoms with van der Waals surface area (Å²) in [5.41, 5.74) is 14.5. The first-order valence-electron chi connectivity index (χ1n) is 18.0. The van der Waals surface area contributed by atoms with Gasteiger partial charge in [-0.2, -0.15) is 0 Å². The number of carboxylic acids is 1. The Balaban J connectivity index is 1.30. The van der Waals surface area contributed by atoms with Crippen LogP contribution in [0.4, 0.5) is 0 Å². The molecule has 0 bridgehead atoms. The van der Waals surface area contributed by atoms with Gasteiger partial charge in [-0.25, -0.2) is 10.3 Å². The van der Waals surface area contributed by atoms with Gasteiger partial charge < -0.3 is 15.7 Å². The Bertz CT molecular complexity index is 1330. The zero-order valence-corrected chi connectivity index (χ0v) is 29.0. The van der Waals surface area contributed by atoms with Crippen molar-refractivity contribution in [2.45, 2.75) is 106 Å². The van der Waals surface area contributed by atoms with Gasteiger partial charge in [0.2, 0.25) is 0 Å². The first kappa shape index (κ1) is 33.0. The van der Waals surface area contributed by atoms with Crippen LogP contribution in [0, 0.1) is 56.7 Å². The molecule has 4 unspecified atom stereocenters. The second-order valence-electron chi connectivity index (χ2n) is 17.3. The molecule has 0 radical (unpaired) electrons. The summed E-state index contributed by atoms with van der Waals surface area (Å²) < 4.78 is 0. The maximum atomic E-state index is 11.5. The van der Waals surface area contributed by atoms with E-state index in [-0.39, 0.29) is 16.2 Å². The summed E-state index contributed by atoms with van der Waals surface area (Å²) in [6.45, 7) is 22.2. The number of benzene rings is 1. The molecule has 5 heteroatoms. The van der Waals surface area contributed by atoms with Gasteiger partial charge in [-0.1, -0.05) is 65.0 Å². The minimum atomic E-state index is -0.861. The van der Waals surface area contributed by atoms with Crippen LogP contribution in [0.15, 0.2) is 42.5 Å². The molecule has 5 aliphatic rings. The van der Waals surface area contributed by atoms with Gasteiger partial charge in [0.15, 0.2) is 0 Å². The van der Waals surface area contributed by atoms with Gasteiger partial charge in [-0.3, -0.25) is 0 Å². The smallest absolute Gasteiger partial charge is 0.335 e. The van der Waals surface area contributed by atoms with Crippen molar-refractivity contribution in [1.29, 1.82) is 0 Å². The average molecular weight is 617 g/mol. The lowest BCUT2D eigenvalue weighted by atomic mass is 9.32. The molecule has 0 amide bonds. The van der Waals surface area contributed by atoms with Gasteiger partial charge in [0.1, 0.15) is 0 Å². The van der Waals surface area contributed by atoms with Crippen molar-refractivity contribution in [3.05, 3.63) is 53.6 Å². The minimum absolute atomic E-state index is 0.0310. The average Bonchev–Trinajstić information content (AvgIpc) is 3.37. The molecule has 248 valence electrons. The quantitative estimate of drug-likeness (QED) is 0.147. The van der Waals surface area contributed by atoms with Crippen LogP contribution in [-0.2, 0) is 4.84 Å². The highest BCUT2D eigenvalue weighted by Crippen LogP contribution is 2.77. The SMILES string of the molecule is C=C(C)[C@@H]1CC[C@]2(CONCCCN)CC[C@]3(C)C(CCC4[C@@]5(C)CC=C(c6ccc(C(=O)O)cc6)C(C)(C)C5CC[C@]43C)C12. The number of carbonyl (C=O) groups is 1.